The molecule has 1 aromatic heterocycles. The molecule has 2 heterocycles. The van der Waals surface area contributed by atoms with E-state index >= 15 is 0 Å². The zero-order valence-corrected chi connectivity index (χ0v) is 10.3. The summed E-state index contributed by atoms with van der Waals surface area (Å²) >= 11 is 1.83. The Labute approximate surface area is 104 Å². The van der Waals surface area contributed by atoms with Crippen molar-refractivity contribution in [3.8, 4) is 0 Å². The third-order valence-electron chi connectivity index (χ3n) is 2.86. The highest BCUT2D eigenvalue weighted by Crippen LogP contribution is 2.42. The summed E-state index contributed by atoms with van der Waals surface area (Å²) in [7, 11) is 0. The fraction of sp³-hybridized carbons (Fsp3) is 0.333. The van der Waals surface area contributed by atoms with Gasteiger partial charge in [0.25, 0.3) is 0 Å². The Balaban J connectivity index is 1.95. The van der Waals surface area contributed by atoms with Gasteiger partial charge in [0, 0.05) is 10.6 Å². The molecule has 0 aliphatic carbocycles. The number of rotatable bonds is 2. The molecule has 1 aromatic carbocycles. The van der Waals surface area contributed by atoms with Crippen LogP contribution in [0.3, 0.4) is 0 Å². The first-order chi connectivity index (χ1) is 8.25. The Bertz CT molecular complexity index is 538. The van der Waals surface area contributed by atoms with Crippen LogP contribution in [0.2, 0.25) is 0 Å². The molecule has 88 valence electrons. The van der Waals surface area contributed by atoms with E-state index in [0.717, 1.165) is 5.75 Å². The highest BCUT2D eigenvalue weighted by Gasteiger charge is 2.29. The topological polar surface area (TPSA) is 64.9 Å². The van der Waals surface area contributed by atoms with Crippen molar-refractivity contribution in [2.24, 2.45) is 5.73 Å². The number of hydrogen-bond acceptors (Lipinski definition) is 5. The van der Waals surface area contributed by atoms with Gasteiger partial charge in [-0.05, 0) is 18.6 Å². The van der Waals surface area contributed by atoms with Crippen molar-refractivity contribution in [1.29, 1.82) is 0 Å². The number of thioether (sulfide) groups is 1. The lowest BCUT2D eigenvalue weighted by molar-refractivity contribution is 0.364. The first kappa shape index (κ1) is 10.8. The average Bonchev–Trinajstić information content (AvgIpc) is 2.95. The van der Waals surface area contributed by atoms with Crippen molar-refractivity contribution in [2.45, 2.75) is 23.8 Å². The van der Waals surface area contributed by atoms with Gasteiger partial charge >= 0.3 is 0 Å². The van der Waals surface area contributed by atoms with Gasteiger partial charge in [-0.2, -0.15) is 4.98 Å². The molecule has 0 fully saturated rings. The number of hydrogen-bond donors (Lipinski definition) is 1. The maximum absolute atomic E-state index is 5.73. The van der Waals surface area contributed by atoms with Gasteiger partial charge < -0.3 is 10.3 Å². The predicted octanol–water partition coefficient (Wildman–Crippen LogP) is 2.33. The number of fused-ring (bicyclic) bond motifs is 1. The molecule has 5 heteroatoms. The molecular weight excluding hydrogens is 234 g/mol. The Morgan fingerprint density at radius 2 is 2.29 bits per heavy atom. The average molecular weight is 247 g/mol. The lowest BCUT2D eigenvalue weighted by Gasteiger charge is -2.03. The van der Waals surface area contributed by atoms with Crippen LogP contribution < -0.4 is 5.73 Å². The van der Waals surface area contributed by atoms with E-state index in [0.29, 0.717) is 11.7 Å². The van der Waals surface area contributed by atoms with Gasteiger partial charge in [0.1, 0.15) is 0 Å². The molecule has 2 N–H and O–H groups in total. The molecule has 0 spiro atoms. The lowest BCUT2D eigenvalue weighted by Crippen LogP contribution is -2.07. The molecule has 4 nitrogen and oxygen atoms in total. The van der Waals surface area contributed by atoms with E-state index in [1.807, 2.05) is 24.8 Å². The summed E-state index contributed by atoms with van der Waals surface area (Å²) in [6.45, 7) is 1.85. The number of nitrogens with zero attached hydrogens (tertiary/aromatic N) is 2. The van der Waals surface area contributed by atoms with Crippen LogP contribution in [0.15, 0.2) is 33.7 Å². The van der Waals surface area contributed by atoms with Crippen LogP contribution in [0.4, 0.5) is 0 Å². The maximum atomic E-state index is 5.73. The summed E-state index contributed by atoms with van der Waals surface area (Å²) < 4.78 is 5.31. The van der Waals surface area contributed by atoms with Crippen molar-refractivity contribution in [2.75, 3.05) is 5.75 Å². The molecule has 0 amide bonds. The van der Waals surface area contributed by atoms with Gasteiger partial charge in [-0.3, -0.25) is 0 Å². The first-order valence-corrected chi connectivity index (χ1v) is 6.55. The van der Waals surface area contributed by atoms with E-state index < -0.39 is 0 Å². The minimum Gasteiger partial charge on any atom is -0.339 e. The molecule has 2 unspecified atom stereocenters. The smallest absolute Gasteiger partial charge is 0.235 e. The molecule has 0 radical (unpaired) electrons. The van der Waals surface area contributed by atoms with Gasteiger partial charge in [0.05, 0.1) is 12.0 Å². The van der Waals surface area contributed by atoms with E-state index in [-0.39, 0.29) is 12.0 Å². The van der Waals surface area contributed by atoms with E-state index in [9.17, 15) is 0 Å². The third-order valence-corrected chi connectivity index (χ3v) is 4.05. The summed E-state index contributed by atoms with van der Waals surface area (Å²) in [6.07, 6.45) is 0. The van der Waals surface area contributed by atoms with E-state index in [1.165, 1.54) is 10.5 Å². The lowest BCUT2D eigenvalue weighted by atomic mass is 10.0. The monoisotopic (exact) mass is 247 g/mol. The summed E-state index contributed by atoms with van der Waals surface area (Å²) in [5.74, 6) is 2.42. The number of nitrogens with two attached hydrogens (primary N) is 1. The van der Waals surface area contributed by atoms with E-state index in [4.69, 9.17) is 10.3 Å². The van der Waals surface area contributed by atoms with Crippen molar-refractivity contribution in [3.63, 3.8) is 0 Å². The van der Waals surface area contributed by atoms with E-state index in [1.54, 1.807) is 0 Å². The second-order valence-corrected chi connectivity index (χ2v) is 5.24. The molecule has 2 aromatic rings. The van der Waals surface area contributed by atoms with Gasteiger partial charge in [0.2, 0.25) is 5.89 Å². The van der Waals surface area contributed by atoms with Crippen LogP contribution >= 0.6 is 11.8 Å². The van der Waals surface area contributed by atoms with Gasteiger partial charge in [0.15, 0.2) is 5.82 Å². The van der Waals surface area contributed by atoms with Crippen LogP contribution in [0.1, 0.15) is 36.2 Å². The molecule has 2 atom stereocenters. The SMILES string of the molecule is CC(N)c1noc(C2CSc3ccccc32)n1. The van der Waals surface area contributed by atoms with Crippen LogP contribution in [-0.2, 0) is 0 Å². The molecule has 1 aliphatic rings. The zero-order chi connectivity index (χ0) is 11.8. The third kappa shape index (κ3) is 1.85. The zero-order valence-electron chi connectivity index (χ0n) is 9.46. The second-order valence-electron chi connectivity index (χ2n) is 4.18. The molecule has 0 saturated carbocycles. The molecule has 0 bridgehead atoms. The van der Waals surface area contributed by atoms with Crippen molar-refractivity contribution >= 4 is 11.8 Å². The standard InChI is InChI=1S/C12H13N3OS/c1-7(13)11-14-12(16-15-11)9-6-17-10-5-3-2-4-8(9)10/h2-5,7,9H,6,13H2,1H3. The number of aromatic nitrogens is 2. The Morgan fingerprint density at radius 1 is 1.47 bits per heavy atom. The molecule has 3 rings (SSSR count). The van der Waals surface area contributed by atoms with Crippen LogP contribution in [-0.4, -0.2) is 15.9 Å². The predicted molar refractivity (Wildman–Crippen MR) is 65.9 cm³/mol. The van der Waals surface area contributed by atoms with Gasteiger partial charge in [-0.15, -0.1) is 11.8 Å². The fourth-order valence-electron chi connectivity index (χ4n) is 1.94. The quantitative estimate of drug-likeness (QED) is 0.882. The maximum Gasteiger partial charge on any atom is 0.235 e. The fourth-order valence-corrected chi connectivity index (χ4v) is 3.16. The first-order valence-electron chi connectivity index (χ1n) is 5.56. The van der Waals surface area contributed by atoms with E-state index in [2.05, 4.69) is 28.3 Å². The number of benzene rings is 1. The Morgan fingerprint density at radius 3 is 3.06 bits per heavy atom. The second kappa shape index (κ2) is 4.16. The van der Waals surface area contributed by atoms with Crippen molar-refractivity contribution < 1.29 is 4.52 Å². The van der Waals surface area contributed by atoms with Crippen LogP contribution in [0, 0.1) is 0 Å². The summed E-state index contributed by atoms with van der Waals surface area (Å²) in [5, 5.41) is 3.91. The summed E-state index contributed by atoms with van der Waals surface area (Å²) in [6, 6.07) is 8.16. The Kier molecular flexibility index (Phi) is 2.64. The normalized spacial score (nSPS) is 20.2. The molecule has 17 heavy (non-hydrogen) atoms. The Hall–Kier alpha value is -1.33. The largest absolute Gasteiger partial charge is 0.339 e. The van der Waals surface area contributed by atoms with Crippen molar-refractivity contribution in [1.82, 2.24) is 10.1 Å². The van der Waals surface area contributed by atoms with Crippen molar-refractivity contribution in [3.05, 3.63) is 41.5 Å². The summed E-state index contributed by atoms with van der Waals surface area (Å²) in [5.41, 5.74) is 7.01. The molecule has 1 aliphatic heterocycles. The van der Waals surface area contributed by atoms with Gasteiger partial charge in [-0.1, -0.05) is 23.4 Å². The highest BCUT2D eigenvalue weighted by atomic mass is 32.2. The highest BCUT2D eigenvalue weighted by molar-refractivity contribution is 7.99. The van der Waals surface area contributed by atoms with Gasteiger partial charge in [-0.25, -0.2) is 0 Å². The van der Waals surface area contributed by atoms with Crippen LogP contribution in [0.25, 0.3) is 0 Å². The minimum atomic E-state index is -0.184. The van der Waals surface area contributed by atoms with Crippen LogP contribution in [0.5, 0.6) is 0 Å². The molecule has 0 saturated heterocycles. The minimum absolute atomic E-state index is 0.184. The molecular formula is C12H13N3OS. The summed E-state index contributed by atoms with van der Waals surface area (Å²) in [4.78, 5) is 5.68.